The van der Waals surface area contributed by atoms with E-state index in [4.69, 9.17) is 0 Å². The quantitative estimate of drug-likeness (QED) is 0.869. The predicted octanol–water partition coefficient (Wildman–Crippen LogP) is 1.98. The summed E-state index contributed by atoms with van der Waals surface area (Å²) < 4.78 is 13.3. The Bertz CT molecular complexity index is 521. The number of fused-ring (bicyclic) bond motifs is 1. The molecule has 2 amide bonds. The molecule has 4 nitrogen and oxygen atoms in total. The minimum Gasteiger partial charge on any atom is -0.394 e. The number of aliphatic hydroxyl groups is 1. The first-order valence-electron chi connectivity index (χ1n) is 7.15. The lowest BCUT2D eigenvalue weighted by Gasteiger charge is -2.25. The molecular formula is C15H19FN2O2. The fraction of sp³-hybridized carbons (Fsp3) is 0.533. The number of rotatable bonds is 2. The highest BCUT2D eigenvalue weighted by atomic mass is 19.1. The molecule has 1 fully saturated rings. The van der Waals surface area contributed by atoms with Crippen LogP contribution in [0.5, 0.6) is 0 Å². The Morgan fingerprint density at radius 3 is 3.10 bits per heavy atom. The van der Waals surface area contributed by atoms with E-state index in [1.165, 1.54) is 12.1 Å². The summed E-state index contributed by atoms with van der Waals surface area (Å²) in [6.45, 7) is 0.684. The molecule has 20 heavy (non-hydrogen) atoms. The van der Waals surface area contributed by atoms with Gasteiger partial charge in [0.1, 0.15) is 5.82 Å². The van der Waals surface area contributed by atoms with E-state index < -0.39 is 0 Å². The SMILES string of the molecule is O=C(NC1CCc2ccc(F)cc21)N1CCC[C@H]1CO. The molecule has 1 aliphatic carbocycles. The lowest BCUT2D eigenvalue weighted by atomic mass is 10.1. The van der Waals surface area contributed by atoms with Crippen LogP contribution >= 0.6 is 0 Å². The highest BCUT2D eigenvalue weighted by Crippen LogP contribution is 2.32. The minimum absolute atomic E-state index is 0.00328. The average molecular weight is 278 g/mol. The third kappa shape index (κ3) is 2.38. The van der Waals surface area contributed by atoms with E-state index in [-0.39, 0.29) is 30.5 Å². The second-order valence-electron chi connectivity index (χ2n) is 5.56. The Labute approximate surface area is 117 Å². The van der Waals surface area contributed by atoms with Crippen molar-refractivity contribution in [1.82, 2.24) is 10.2 Å². The van der Waals surface area contributed by atoms with Crippen molar-refractivity contribution in [3.63, 3.8) is 0 Å². The van der Waals surface area contributed by atoms with Gasteiger partial charge in [-0.1, -0.05) is 6.07 Å². The number of carbonyl (C=O) groups excluding carboxylic acids is 1. The molecule has 0 radical (unpaired) electrons. The number of likely N-dealkylation sites (tertiary alicyclic amines) is 1. The van der Waals surface area contributed by atoms with Crippen molar-refractivity contribution in [2.24, 2.45) is 0 Å². The number of hydrogen-bond donors (Lipinski definition) is 2. The van der Waals surface area contributed by atoms with Gasteiger partial charge in [0.05, 0.1) is 18.7 Å². The monoisotopic (exact) mass is 278 g/mol. The number of hydrogen-bond acceptors (Lipinski definition) is 2. The molecule has 108 valence electrons. The molecule has 3 rings (SSSR count). The zero-order valence-corrected chi connectivity index (χ0v) is 11.3. The third-order valence-electron chi connectivity index (χ3n) is 4.33. The smallest absolute Gasteiger partial charge is 0.318 e. The van der Waals surface area contributed by atoms with Gasteiger partial charge in [-0.25, -0.2) is 9.18 Å². The first kappa shape index (κ1) is 13.4. The van der Waals surface area contributed by atoms with Crippen LogP contribution < -0.4 is 5.32 Å². The fourth-order valence-electron chi connectivity index (χ4n) is 3.25. The number of aliphatic hydroxyl groups excluding tert-OH is 1. The molecule has 0 spiro atoms. The van der Waals surface area contributed by atoms with Crippen LogP contribution in [0.15, 0.2) is 18.2 Å². The van der Waals surface area contributed by atoms with E-state index >= 15 is 0 Å². The van der Waals surface area contributed by atoms with E-state index in [2.05, 4.69) is 5.32 Å². The Hall–Kier alpha value is -1.62. The van der Waals surface area contributed by atoms with Gasteiger partial charge in [-0.15, -0.1) is 0 Å². The molecule has 2 aliphatic rings. The van der Waals surface area contributed by atoms with Gasteiger partial charge in [-0.2, -0.15) is 0 Å². The molecule has 1 unspecified atom stereocenters. The molecular weight excluding hydrogens is 259 g/mol. The van der Waals surface area contributed by atoms with E-state index in [1.54, 1.807) is 11.0 Å². The summed E-state index contributed by atoms with van der Waals surface area (Å²) in [6, 6.07) is 4.43. The van der Waals surface area contributed by atoms with Gasteiger partial charge in [-0.3, -0.25) is 0 Å². The maximum absolute atomic E-state index is 13.3. The summed E-state index contributed by atoms with van der Waals surface area (Å²) in [5.41, 5.74) is 2.00. The summed E-state index contributed by atoms with van der Waals surface area (Å²) in [7, 11) is 0. The third-order valence-corrected chi connectivity index (χ3v) is 4.33. The second kappa shape index (κ2) is 5.40. The topological polar surface area (TPSA) is 52.6 Å². The van der Waals surface area contributed by atoms with Crippen molar-refractivity contribution in [2.75, 3.05) is 13.2 Å². The summed E-state index contributed by atoms with van der Waals surface area (Å²) in [4.78, 5) is 14.0. The van der Waals surface area contributed by atoms with Gasteiger partial charge in [-0.05, 0) is 48.9 Å². The van der Waals surface area contributed by atoms with Crippen LogP contribution in [0.1, 0.15) is 36.4 Å². The Kier molecular flexibility index (Phi) is 3.61. The van der Waals surface area contributed by atoms with Crippen molar-refractivity contribution in [3.05, 3.63) is 35.1 Å². The molecule has 0 saturated carbocycles. The standard InChI is InChI=1S/C15H19FN2O2/c16-11-5-3-10-4-6-14(13(10)8-11)17-15(20)18-7-1-2-12(18)9-19/h3,5,8,12,14,19H,1-2,4,6-7,9H2,(H,17,20)/t12-,14?/m0/s1. The van der Waals surface area contributed by atoms with Crippen LogP contribution in [0.4, 0.5) is 9.18 Å². The number of nitrogens with zero attached hydrogens (tertiary/aromatic N) is 1. The Morgan fingerprint density at radius 1 is 1.45 bits per heavy atom. The van der Waals surface area contributed by atoms with Crippen molar-refractivity contribution >= 4 is 6.03 Å². The molecule has 1 aromatic carbocycles. The van der Waals surface area contributed by atoms with E-state index in [9.17, 15) is 14.3 Å². The second-order valence-corrected chi connectivity index (χ2v) is 5.56. The van der Waals surface area contributed by atoms with E-state index in [1.807, 2.05) is 0 Å². The van der Waals surface area contributed by atoms with Gasteiger partial charge in [0.25, 0.3) is 0 Å². The van der Waals surface area contributed by atoms with Gasteiger partial charge in [0.2, 0.25) is 0 Å². The van der Waals surface area contributed by atoms with Gasteiger partial charge in [0, 0.05) is 6.54 Å². The fourth-order valence-corrected chi connectivity index (χ4v) is 3.25. The lowest BCUT2D eigenvalue weighted by Crippen LogP contribution is -2.45. The molecule has 1 aliphatic heterocycles. The summed E-state index contributed by atoms with van der Waals surface area (Å²) in [5, 5.41) is 12.2. The first-order chi connectivity index (χ1) is 9.69. The Balaban J connectivity index is 1.71. The van der Waals surface area contributed by atoms with Gasteiger partial charge < -0.3 is 15.3 Å². The summed E-state index contributed by atoms with van der Waals surface area (Å²) in [5.74, 6) is -0.265. The van der Waals surface area contributed by atoms with Crippen LogP contribution in [0.3, 0.4) is 0 Å². The maximum Gasteiger partial charge on any atom is 0.318 e. The highest BCUT2D eigenvalue weighted by molar-refractivity contribution is 5.75. The van der Waals surface area contributed by atoms with Crippen LogP contribution in [0, 0.1) is 5.82 Å². The first-order valence-corrected chi connectivity index (χ1v) is 7.15. The molecule has 0 bridgehead atoms. The largest absolute Gasteiger partial charge is 0.394 e. The molecule has 5 heteroatoms. The van der Waals surface area contributed by atoms with E-state index in [0.29, 0.717) is 6.54 Å². The zero-order valence-electron chi connectivity index (χ0n) is 11.3. The summed E-state index contributed by atoms with van der Waals surface area (Å²) >= 11 is 0. The highest BCUT2D eigenvalue weighted by Gasteiger charge is 2.31. The van der Waals surface area contributed by atoms with Gasteiger partial charge in [0.15, 0.2) is 0 Å². The number of nitrogens with one attached hydrogen (secondary N) is 1. The predicted molar refractivity (Wildman–Crippen MR) is 72.8 cm³/mol. The molecule has 1 aromatic rings. The van der Waals surface area contributed by atoms with Crippen molar-refractivity contribution in [2.45, 2.75) is 37.8 Å². The lowest BCUT2D eigenvalue weighted by molar-refractivity contribution is 0.154. The number of halogens is 1. The zero-order chi connectivity index (χ0) is 14.1. The molecule has 1 saturated heterocycles. The van der Waals surface area contributed by atoms with E-state index in [0.717, 1.165) is 36.8 Å². The molecule has 0 aromatic heterocycles. The Morgan fingerprint density at radius 2 is 2.30 bits per heavy atom. The number of urea groups is 1. The number of carbonyl (C=O) groups is 1. The van der Waals surface area contributed by atoms with Crippen molar-refractivity contribution in [1.29, 1.82) is 0 Å². The normalized spacial score (nSPS) is 24.8. The van der Waals surface area contributed by atoms with Crippen molar-refractivity contribution in [3.8, 4) is 0 Å². The molecule has 1 heterocycles. The number of amides is 2. The van der Waals surface area contributed by atoms with Crippen LogP contribution in [-0.4, -0.2) is 35.2 Å². The maximum atomic E-state index is 13.3. The summed E-state index contributed by atoms with van der Waals surface area (Å²) in [6.07, 6.45) is 3.44. The minimum atomic E-state index is -0.265. The van der Waals surface area contributed by atoms with Crippen molar-refractivity contribution < 1.29 is 14.3 Å². The van der Waals surface area contributed by atoms with Crippen LogP contribution in [-0.2, 0) is 6.42 Å². The van der Waals surface area contributed by atoms with Crippen LogP contribution in [0.2, 0.25) is 0 Å². The van der Waals surface area contributed by atoms with Crippen LogP contribution in [0.25, 0.3) is 0 Å². The van der Waals surface area contributed by atoms with Gasteiger partial charge >= 0.3 is 6.03 Å². The molecule has 2 N–H and O–H groups in total. The number of benzene rings is 1. The average Bonchev–Trinajstić information content (AvgIpc) is 3.05. The number of aryl methyl sites for hydroxylation is 1. The molecule has 2 atom stereocenters.